The molecular weight excluding hydrogens is 460 g/mol. The van der Waals surface area contributed by atoms with Crippen LogP contribution >= 0.6 is 0 Å². The normalized spacial score (nSPS) is 36.5. The first-order valence-electron chi connectivity index (χ1n) is 16.2. The molecule has 1 heteroatoms. The van der Waals surface area contributed by atoms with Gasteiger partial charge >= 0.3 is 0 Å². The monoisotopic (exact) mass is 518 g/mol. The highest BCUT2D eigenvalue weighted by Gasteiger charge is 2.63. The zero-order valence-corrected chi connectivity index (χ0v) is 26.3. The molecule has 0 spiro atoms. The molecule has 0 aliphatic heterocycles. The maximum atomic E-state index is 4.28. The Bertz CT molecular complexity index is 859. The first-order chi connectivity index (χ1) is 17.6. The Labute approximate surface area is 231 Å². The lowest BCUT2D eigenvalue weighted by atomic mass is 9.62. The molecule has 37 heavy (non-hydrogen) atoms. The lowest BCUT2D eigenvalue weighted by Gasteiger charge is -2.51. The van der Waals surface area contributed by atoms with Gasteiger partial charge in [-0.25, -0.2) is 0 Å². The van der Waals surface area contributed by atoms with Gasteiger partial charge in [0.15, 0.2) is 0 Å². The fourth-order valence-corrected chi connectivity index (χ4v) is 18.4. The zero-order chi connectivity index (χ0) is 26.4. The minimum Gasteiger partial charge on any atom is -0.103 e. The topological polar surface area (TPSA) is 0 Å². The molecule has 1 aromatic carbocycles. The number of hydrogen-bond donors (Lipinski definition) is 0. The third-order valence-electron chi connectivity index (χ3n) is 12.6. The van der Waals surface area contributed by atoms with Gasteiger partial charge in [0.05, 0.1) is 8.07 Å². The van der Waals surface area contributed by atoms with Gasteiger partial charge in [0.25, 0.3) is 0 Å². The van der Waals surface area contributed by atoms with E-state index in [9.17, 15) is 0 Å². The minimum absolute atomic E-state index is 0.447. The second-order valence-electron chi connectivity index (χ2n) is 16.1. The Kier molecular flexibility index (Phi) is 7.97. The summed E-state index contributed by atoms with van der Waals surface area (Å²) < 4.78 is 0. The van der Waals surface area contributed by atoms with Gasteiger partial charge in [0.1, 0.15) is 0 Å². The van der Waals surface area contributed by atoms with Gasteiger partial charge in [-0.3, -0.25) is 0 Å². The predicted molar refractivity (Wildman–Crippen MR) is 165 cm³/mol. The minimum atomic E-state index is -1.79. The van der Waals surface area contributed by atoms with E-state index in [0.717, 1.165) is 46.6 Å². The van der Waals surface area contributed by atoms with E-state index in [-0.39, 0.29) is 0 Å². The summed E-state index contributed by atoms with van der Waals surface area (Å²) in [6.45, 7) is 19.5. The molecule has 0 heterocycles. The van der Waals surface area contributed by atoms with Crippen LogP contribution in [0.4, 0.5) is 0 Å². The van der Waals surface area contributed by atoms with Crippen molar-refractivity contribution in [3.8, 4) is 0 Å². The Morgan fingerprint density at radius 3 is 1.70 bits per heavy atom. The van der Waals surface area contributed by atoms with Gasteiger partial charge in [-0.1, -0.05) is 109 Å². The molecule has 0 amide bonds. The van der Waals surface area contributed by atoms with Crippen LogP contribution in [0.3, 0.4) is 0 Å². The SMILES string of the molecule is C=CCC[Si](c1ccccc1)(C1CCCC1)C1C2CC(C(C)(C)C)CCC2C2CCC(C(C)(C)C)CC21. The summed E-state index contributed by atoms with van der Waals surface area (Å²) in [6.07, 6.45) is 18.5. The van der Waals surface area contributed by atoms with E-state index in [2.05, 4.69) is 84.5 Å². The Morgan fingerprint density at radius 1 is 0.730 bits per heavy atom. The van der Waals surface area contributed by atoms with Crippen LogP contribution in [-0.4, -0.2) is 8.07 Å². The van der Waals surface area contributed by atoms with E-state index in [1.165, 1.54) is 76.7 Å². The van der Waals surface area contributed by atoms with Crippen LogP contribution in [0, 0.1) is 46.3 Å². The van der Waals surface area contributed by atoms with Gasteiger partial charge in [0, 0.05) is 0 Å². The van der Waals surface area contributed by atoms with E-state index in [4.69, 9.17) is 0 Å². The summed E-state index contributed by atoms with van der Waals surface area (Å²) in [6, 6.07) is 13.7. The van der Waals surface area contributed by atoms with Crippen molar-refractivity contribution in [2.24, 2.45) is 46.3 Å². The lowest BCUT2D eigenvalue weighted by Crippen LogP contribution is -2.58. The van der Waals surface area contributed by atoms with Gasteiger partial charge in [-0.05, 0) is 108 Å². The highest BCUT2D eigenvalue weighted by molar-refractivity contribution is 6.94. The Hall–Kier alpha value is -0.823. The largest absolute Gasteiger partial charge is 0.103 e. The second-order valence-corrected chi connectivity index (χ2v) is 20.8. The lowest BCUT2D eigenvalue weighted by molar-refractivity contribution is 0.0722. The number of rotatable bonds is 6. The first kappa shape index (κ1) is 27.7. The highest BCUT2D eigenvalue weighted by Crippen LogP contribution is 2.68. The molecule has 0 saturated heterocycles. The standard InChI is InChI=1S/C36H58Si/c1-8-9-23-37(29-17-13-14-18-29,28-15-11-10-12-16-28)34-32-24-26(35(2,3)4)19-21-30(32)31-22-20-27(25-33(31)34)36(5,6)7/h8,10-12,15-16,26-27,29-34H,1,9,13-14,17-25H2,2-7H3. The molecule has 0 nitrogen and oxygen atoms in total. The molecule has 0 N–H and O–H groups in total. The first-order valence-corrected chi connectivity index (χ1v) is 18.6. The average molecular weight is 519 g/mol. The van der Waals surface area contributed by atoms with E-state index >= 15 is 0 Å². The molecule has 4 fully saturated rings. The van der Waals surface area contributed by atoms with E-state index in [1.54, 1.807) is 0 Å². The number of hydrogen-bond acceptors (Lipinski definition) is 0. The summed E-state index contributed by atoms with van der Waals surface area (Å²) >= 11 is 0. The molecule has 0 radical (unpaired) electrons. The van der Waals surface area contributed by atoms with Crippen LogP contribution in [-0.2, 0) is 0 Å². The molecular formula is C36H58Si. The zero-order valence-electron chi connectivity index (χ0n) is 25.3. The fourth-order valence-electron chi connectivity index (χ4n) is 10.7. The van der Waals surface area contributed by atoms with Gasteiger partial charge in [0.2, 0.25) is 0 Å². The summed E-state index contributed by atoms with van der Waals surface area (Å²) in [5.74, 6) is 5.78. The summed E-state index contributed by atoms with van der Waals surface area (Å²) in [5.41, 5.74) is 2.87. The van der Waals surface area contributed by atoms with Crippen LogP contribution < -0.4 is 5.19 Å². The van der Waals surface area contributed by atoms with Crippen molar-refractivity contribution in [1.82, 2.24) is 0 Å². The second kappa shape index (κ2) is 10.6. The van der Waals surface area contributed by atoms with E-state index in [0.29, 0.717) is 10.8 Å². The van der Waals surface area contributed by atoms with Crippen LogP contribution in [0.2, 0.25) is 17.1 Å². The number of fused-ring (bicyclic) bond motifs is 3. The predicted octanol–water partition coefficient (Wildman–Crippen LogP) is 10.4. The van der Waals surface area contributed by atoms with Crippen LogP contribution in [0.15, 0.2) is 43.0 Å². The van der Waals surface area contributed by atoms with Gasteiger partial charge < -0.3 is 0 Å². The van der Waals surface area contributed by atoms with E-state index in [1.807, 2.05) is 5.19 Å². The van der Waals surface area contributed by atoms with Crippen molar-refractivity contribution in [3.63, 3.8) is 0 Å². The maximum absolute atomic E-state index is 4.28. The Morgan fingerprint density at radius 2 is 1.24 bits per heavy atom. The van der Waals surface area contributed by atoms with Gasteiger partial charge in [-0.2, -0.15) is 0 Å². The van der Waals surface area contributed by atoms with Crippen molar-refractivity contribution in [2.45, 2.75) is 129 Å². The molecule has 4 aliphatic carbocycles. The third-order valence-corrected chi connectivity index (χ3v) is 19.2. The van der Waals surface area contributed by atoms with Crippen molar-refractivity contribution in [1.29, 1.82) is 0 Å². The molecule has 1 aromatic rings. The summed E-state index contributed by atoms with van der Waals surface area (Å²) in [4.78, 5) is 0. The number of benzene rings is 1. The molecule has 206 valence electrons. The molecule has 4 saturated carbocycles. The molecule has 4 aliphatic rings. The number of allylic oxidation sites excluding steroid dienone is 1. The molecule has 7 atom stereocenters. The van der Waals surface area contributed by atoms with Crippen LogP contribution in [0.5, 0.6) is 0 Å². The van der Waals surface area contributed by atoms with E-state index < -0.39 is 8.07 Å². The maximum Gasteiger partial charge on any atom is 0.0936 e. The smallest absolute Gasteiger partial charge is 0.0936 e. The van der Waals surface area contributed by atoms with Crippen LogP contribution in [0.1, 0.15) is 112 Å². The highest BCUT2D eigenvalue weighted by atomic mass is 28.3. The average Bonchev–Trinajstić information content (AvgIpc) is 3.51. The quantitative estimate of drug-likeness (QED) is 0.259. The molecule has 5 rings (SSSR count). The Balaban J connectivity index is 1.66. The third kappa shape index (κ3) is 5.09. The molecule has 0 bridgehead atoms. The van der Waals surface area contributed by atoms with Crippen molar-refractivity contribution in [2.75, 3.05) is 0 Å². The molecule has 7 unspecified atom stereocenters. The van der Waals surface area contributed by atoms with Crippen molar-refractivity contribution < 1.29 is 0 Å². The van der Waals surface area contributed by atoms with Crippen molar-refractivity contribution >= 4 is 13.3 Å². The fraction of sp³-hybridized carbons (Fsp3) is 0.778. The summed E-state index contributed by atoms with van der Waals surface area (Å²) in [7, 11) is -1.79. The summed E-state index contributed by atoms with van der Waals surface area (Å²) in [5, 5.41) is 1.84. The van der Waals surface area contributed by atoms with Crippen molar-refractivity contribution in [3.05, 3.63) is 43.0 Å². The van der Waals surface area contributed by atoms with Gasteiger partial charge in [-0.15, -0.1) is 6.58 Å². The molecule has 0 aromatic heterocycles. The van der Waals surface area contributed by atoms with Crippen LogP contribution in [0.25, 0.3) is 0 Å².